The Morgan fingerprint density at radius 2 is 2.67 bits per heavy atom. The molecule has 0 aromatic rings. The summed E-state index contributed by atoms with van der Waals surface area (Å²) in [5.74, 6) is 0.324. The van der Waals surface area contributed by atoms with Crippen LogP contribution in [-0.4, -0.2) is 12.5 Å². The molecule has 1 saturated heterocycles. The van der Waals surface area contributed by atoms with E-state index in [9.17, 15) is 4.79 Å². The van der Waals surface area contributed by atoms with Gasteiger partial charge in [0.25, 0.3) is 0 Å². The maximum atomic E-state index is 10.5. The first kappa shape index (κ1) is 6.62. The fourth-order valence-corrected chi connectivity index (χ4v) is 0.839. The lowest BCUT2D eigenvalue weighted by Gasteiger charge is -2.24. The number of amides is 1. The summed E-state index contributed by atoms with van der Waals surface area (Å²) < 4.78 is 0. The highest BCUT2D eigenvalue weighted by atomic mass is 35.5. The van der Waals surface area contributed by atoms with Crippen LogP contribution in [-0.2, 0) is 4.79 Å². The Labute approximate surface area is 58.9 Å². The number of carbonyl (C=O) groups is 1. The monoisotopic (exact) mass is 145 g/mol. The molecule has 50 valence electrons. The first-order valence-corrected chi connectivity index (χ1v) is 3.31. The first-order valence-electron chi connectivity index (χ1n) is 2.87. The van der Waals surface area contributed by atoms with Crippen molar-refractivity contribution in [1.29, 1.82) is 0 Å². The standard InChI is InChI=1S/C6H8ClNO/c7-3-1-2-5-4-8-6(5)9/h1,3,5H,2,4H2,(H,8,9)/b3-1+. The van der Waals surface area contributed by atoms with E-state index in [0.717, 1.165) is 13.0 Å². The zero-order chi connectivity index (χ0) is 6.69. The van der Waals surface area contributed by atoms with E-state index in [1.54, 1.807) is 6.08 Å². The van der Waals surface area contributed by atoms with E-state index in [0.29, 0.717) is 0 Å². The molecule has 0 saturated carbocycles. The summed E-state index contributed by atoms with van der Waals surface area (Å²) in [4.78, 5) is 10.5. The number of allylic oxidation sites excluding steroid dienone is 1. The van der Waals surface area contributed by atoms with Crippen molar-refractivity contribution in [2.45, 2.75) is 6.42 Å². The Morgan fingerprint density at radius 3 is 3.00 bits per heavy atom. The van der Waals surface area contributed by atoms with Crippen molar-refractivity contribution in [3.63, 3.8) is 0 Å². The molecule has 0 aromatic carbocycles. The van der Waals surface area contributed by atoms with Crippen molar-refractivity contribution in [3.8, 4) is 0 Å². The molecule has 0 radical (unpaired) electrons. The van der Waals surface area contributed by atoms with Crippen molar-refractivity contribution in [3.05, 3.63) is 11.6 Å². The van der Waals surface area contributed by atoms with E-state index < -0.39 is 0 Å². The fourth-order valence-electron chi connectivity index (χ4n) is 0.736. The average molecular weight is 146 g/mol. The minimum Gasteiger partial charge on any atom is -0.355 e. The lowest BCUT2D eigenvalue weighted by atomic mass is 9.98. The Kier molecular flexibility index (Phi) is 2.11. The highest BCUT2D eigenvalue weighted by Crippen LogP contribution is 2.10. The van der Waals surface area contributed by atoms with Gasteiger partial charge in [0.15, 0.2) is 0 Å². The van der Waals surface area contributed by atoms with Crippen molar-refractivity contribution < 1.29 is 4.79 Å². The Morgan fingerprint density at radius 1 is 1.89 bits per heavy atom. The topological polar surface area (TPSA) is 29.1 Å². The van der Waals surface area contributed by atoms with Crippen LogP contribution in [0, 0.1) is 5.92 Å². The minimum absolute atomic E-state index is 0.143. The smallest absolute Gasteiger partial charge is 0.225 e. The van der Waals surface area contributed by atoms with Crippen molar-refractivity contribution in [2.75, 3.05) is 6.54 Å². The molecule has 1 fully saturated rings. The zero-order valence-electron chi connectivity index (χ0n) is 4.93. The molecule has 0 aliphatic carbocycles. The molecule has 0 spiro atoms. The highest BCUT2D eigenvalue weighted by Gasteiger charge is 2.25. The van der Waals surface area contributed by atoms with Crippen molar-refractivity contribution in [1.82, 2.24) is 5.32 Å². The predicted molar refractivity (Wildman–Crippen MR) is 36.1 cm³/mol. The summed E-state index contributed by atoms with van der Waals surface area (Å²) in [5.41, 5.74) is 1.45. The van der Waals surface area contributed by atoms with Crippen LogP contribution in [0.3, 0.4) is 0 Å². The second-order valence-corrected chi connectivity index (χ2v) is 2.29. The molecule has 1 aliphatic heterocycles. The lowest BCUT2D eigenvalue weighted by Crippen LogP contribution is -2.48. The molecule has 0 aromatic heterocycles. The van der Waals surface area contributed by atoms with Gasteiger partial charge in [-0.25, -0.2) is 0 Å². The van der Waals surface area contributed by atoms with E-state index in [2.05, 4.69) is 5.32 Å². The van der Waals surface area contributed by atoms with Gasteiger partial charge in [0.1, 0.15) is 0 Å². The summed E-state index contributed by atoms with van der Waals surface area (Å²) >= 11 is 5.26. The number of halogens is 1. The summed E-state index contributed by atoms with van der Waals surface area (Å²) in [6.07, 6.45) is 2.57. The molecule has 1 unspecified atom stereocenters. The summed E-state index contributed by atoms with van der Waals surface area (Å²) in [6, 6.07) is 0. The SMILES string of the molecule is O=C1NCC1C/C=C/Cl. The number of hydrogen-bond acceptors (Lipinski definition) is 1. The molecule has 1 N–H and O–H groups in total. The van der Waals surface area contributed by atoms with Gasteiger partial charge in [0.2, 0.25) is 5.91 Å². The normalized spacial score (nSPS) is 25.9. The first-order chi connectivity index (χ1) is 4.34. The number of nitrogens with one attached hydrogen (secondary N) is 1. The number of hydrogen-bond donors (Lipinski definition) is 1. The van der Waals surface area contributed by atoms with Crippen LogP contribution in [0.2, 0.25) is 0 Å². The molecule has 0 bridgehead atoms. The van der Waals surface area contributed by atoms with Gasteiger partial charge >= 0.3 is 0 Å². The van der Waals surface area contributed by atoms with Crippen LogP contribution < -0.4 is 5.32 Å². The van der Waals surface area contributed by atoms with Crippen molar-refractivity contribution in [2.24, 2.45) is 5.92 Å². The van der Waals surface area contributed by atoms with Crippen LogP contribution in [0.25, 0.3) is 0 Å². The van der Waals surface area contributed by atoms with E-state index >= 15 is 0 Å². The number of β-lactam (4-membered cyclic amide) rings is 1. The third kappa shape index (κ3) is 1.45. The summed E-state index contributed by atoms with van der Waals surface area (Å²) in [5, 5.41) is 2.65. The average Bonchev–Trinajstić information content (AvgIpc) is 1.86. The largest absolute Gasteiger partial charge is 0.355 e. The van der Waals surface area contributed by atoms with Gasteiger partial charge < -0.3 is 5.32 Å². The highest BCUT2D eigenvalue weighted by molar-refractivity contribution is 6.25. The second kappa shape index (κ2) is 2.87. The molecule has 9 heavy (non-hydrogen) atoms. The molecular formula is C6H8ClNO. The third-order valence-corrected chi connectivity index (χ3v) is 1.58. The van der Waals surface area contributed by atoms with Crippen LogP contribution >= 0.6 is 11.6 Å². The molecule has 2 nitrogen and oxygen atoms in total. The van der Waals surface area contributed by atoms with Crippen LogP contribution in [0.1, 0.15) is 6.42 Å². The maximum absolute atomic E-state index is 10.5. The second-order valence-electron chi connectivity index (χ2n) is 2.04. The Balaban J connectivity index is 2.21. The van der Waals surface area contributed by atoms with Crippen LogP contribution in [0.5, 0.6) is 0 Å². The minimum atomic E-state index is 0.143. The number of carbonyl (C=O) groups excluding carboxylic acids is 1. The fraction of sp³-hybridized carbons (Fsp3) is 0.500. The quantitative estimate of drug-likeness (QED) is 0.575. The van der Waals surface area contributed by atoms with Gasteiger partial charge in [0.05, 0.1) is 5.92 Å². The maximum Gasteiger partial charge on any atom is 0.225 e. The molecule has 1 heterocycles. The molecule has 1 atom stereocenters. The van der Waals surface area contributed by atoms with E-state index in [1.165, 1.54) is 5.54 Å². The zero-order valence-corrected chi connectivity index (χ0v) is 5.69. The number of rotatable bonds is 2. The van der Waals surface area contributed by atoms with Crippen molar-refractivity contribution >= 4 is 17.5 Å². The lowest BCUT2D eigenvalue weighted by molar-refractivity contribution is -0.130. The molecule has 3 heteroatoms. The van der Waals surface area contributed by atoms with Crippen LogP contribution in [0.15, 0.2) is 11.6 Å². The Hall–Kier alpha value is -0.500. The van der Waals surface area contributed by atoms with Gasteiger partial charge in [-0.15, -0.1) is 0 Å². The molecular weight excluding hydrogens is 138 g/mol. The molecule has 1 amide bonds. The van der Waals surface area contributed by atoms with E-state index in [-0.39, 0.29) is 11.8 Å². The molecule has 1 aliphatic rings. The van der Waals surface area contributed by atoms with E-state index in [1.807, 2.05) is 0 Å². The molecule has 1 rings (SSSR count). The van der Waals surface area contributed by atoms with Crippen LogP contribution in [0.4, 0.5) is 0 Å². The van der Waals surface area contributed by atoms with Gasteiger partial charge in [-0.05, 0) is 6.42 Å². The van der Waals surface area contributed by atoms with Gasteiger partial charge in [-0.3, -0.25) is 4.79 Å². The predicted octanol–water partition coefficient (Wildman–Crippen LogP) is 0.875. The van der Waals surface area contributed by atoms with E-state index in [4.69, 9.17) is 11.6 Å². The van der Waals surface area contributed by atoms with Gasteiger partial charge in [0, 0.05) is 12.1 Å². The third-order valence-electron chi connectivity index (χ3n) is 1.40. The van der Waals surface area contributed by atoms with Gasteiger partial charge in [-0.2, -0.15) is 0 Å². The summed E-state index contributed by atoms with van der Waals surface area (Å²) in [7, 11) is 0. The summed E-state index contributed by atoms with van der Waals surface area (Å²) in [6.45, 7) is 0.806. The Bertz CT molecular complexity index is 144. The van der Waals surface area contributed by atoms with Gasteiger partial charge in [-0.1, -0.05) is 17.7 Å².